The zero-order chi connectivity index (χ0) is 20.9. The lowest BCUT2D eigenvalue weighted by Gasteiger charge is -2.32. The lowest BCUT2D eigenvalue weighted by atomic mass is 9.87. The molecule has 0 bridgehead atoms. The van der Waals surface area contributed by atoms with Gasteiger partial charge in [0, 0.05) is 24.9 Å². The maximum Gasteiger partial charge on any atom is 0.240 e. The fourth-order valence-corrected chi connectivity index (χ4v) is 4.34. The summed E-state index contributed by atoms with van der Waals surface area (Å²) in [6, 6.07) is 3.54. The fraction of sp³-hybridized carbons (Fsp3) is 0.476. The summed E-state index contributed by atoms with van der Waals surface area (Å²) in [5.74, 6) is -1.61. The topological polar surface area (TPSA) is 67.3 Å². The summed E-state index contributed by atoms with van der Waals surface area (Å²) in [6.07, 6.45) is 2.97. The van der Waals surface area contributed by atoms with E-state index in [1.165, 1.54) is 0 Å². The van der Waals surface area contributed by atoms with Crippen LogP contribution >= 0.6 is 0 Å². The molecule has 2 heterocycles. The average Bonchev–Trinajstić information content (AvgIpc) is 3.61. The van der Waals surface area contributed by atoms with Crippen LogP contribution in [0.3, 0.4) is 0 Å². The van der Waals surface area contributed by atoms with E-state index in [-0.39, 0.29) is 50.3 Å². The molecule has 1 aromatic heterocycles. The fourth-order valence-electron chi connectivity index (χ4n) is 4.34. The van der Waals surface area contributed by atoms with E-state index in [1.54, 1.807) is 6.07 Å². The second-order valence-corrected chi connectivity index (χ2v) is 8.38. The molecule has 30 heavy (non-hydrogen) atoms. The zero-order valence-electron chi connectivity index (χ0n) is 16.2. The van der Waals surface area contributed by atoms with Crippen LogP contribution in [0.1, 0.15) is 43.3 Å². The van der Waals surface area contributed by atoms with Gasteiger partial charge >= 0.3 is 0 Å². The number of carbonyl (C=O) groups is 1. The minimum Gasteiger partial charge on any atom is -0.361 e. The first-order valence-electron chi connectivity index (χ1n) is 9.98. The van der Waals surface area contributed by atoms with Crippen molar-refractivity contribution in [2.45, 2.75) is 43.4 Å². The van der Waals surface area contributed by atoms with Gasteiger partial charge in [0.05, 0.1) is 32.3 Å². The molecule has 2 saturated carbocycles. The Morgan fingerprint density at radius 3 is 2.70 bits per heavy atom. The molecule has 3 aliphatic rings. The third kappa shape index (κ3) is 3.67. The smallest absolute Gasteiger partial charge is 0.240 e. The normalized spacial score (nSPS) is 24.6. The predicted octanol–water partition coefficient (Wildman–Crippen LogP) is 3.29. The van der Waals surface area contributed by atoms with E-state index in [9.17, 15) is 13.6 Å². The highest BCUT2D eigenvalue weighted by Gasteiger charge is 2.51. The number of aromatic nitrogens is 2. The van der Waals surface area contributed by atoms with Crippen molar-refractivity contribution in [1.29, 1.82) is 0 Å². The summed E-state index contributed by atoms with van der Waals surface area (Å²) >= 11 is 0. The third-order valence-electron chi connectivity index (χ3n) is 6.05. The van der Waals surface area contributed by atoms with Crippen LogP contribution in [0.15, 0.2) is 24.5 Å². The molecule has 2 aromatic rings. The molecular weight excluding hydrogens is 397 g/mol. The first-order chi connectivity index (χ1) is 14.4. The van der Waals surface area contributed by atoms with E-state index in [0.29, 0.717) is 24.1 Å². The Morgan fingerprint density at radius 1 is 1.30 bits per heavy atom. The van der Waals surface area contributed by atoms with Crippen LogP contribution in [0.2, 0.25) is 0 Å². The molecule has 5 rings (SSSR count). The van der Waals surface area contributed by atoms with Crippen molar-refractivity contribution in [3.05, 3.63) is 52.9 Å². The molecule has 1 aromatic carbocycles. The number of rotatable bonds is 4. The van der Waals surface area contributed by atoms with E-state index < -0.39 is 12.0 Å². The number of anilines is 1. The minimum absolute atomic E-state index is 0. The molecule has 1 aliphatic heterocycles. The number of hydrogen-bond acceptors (Lipinski definition) is 5. The van der Waals surface area contributed by atoms with Crippen LogP contribution in [-0.2, 0) is 21.6 Å². The number of benzene rings is 1. The lowest BCUT2D eigenvalue weighted by Crippen LogP contribution is -2.42. The van der Waals surface area contributed by atoms with Gasteiger partial charge in [0.2, 0.25) is 11.9 Å². The Kier molecular flexibility index (Phi) is 4.74. The summed E-state index contributed by atoms with van der Waals surface area (Å²) in [6.45, 7) is 0.921. The van der Waals surface area contributed by atoms with Gasteiger partial charge in [0.15, 0.2) is 5.82 Å². The Balaban J connectivity index is 0.00000231. The van der Waals surface area contributed by atoms with Gasteiger partial charge in [0.1, 0.15) is 12.0 Å². The zero-order valence-corrected chi connectivity index (χ0v) is 16.2. The second kappa shape index (κ2) is 7.31. The SMILES string of the molecule is O=C(CN1COCc2ccc(C3CC3F)c(F)c2C2(CC2)C1)Nc1ncc(F)cn1.[HH]. The number of carbonyl (C=O) groups excluding carboxylic acids is 1. The summed E-state index contributed by atoms with van der Waals surface area (Å²) in [7, 11) is 0. The van der Waals surface area contributed by atoms with Crippen molar-refractivity contribution in [2.75, 3.05) is 25.1 Å². The van der Waals surface area contributed by atoms with Crippen molar-refractivity contribution >= 4 is 11.9 Å². The highest BCUT2D eigenvalue weighted by molar-refractivity contribution is 5.90. The first kappa shape index (κ1) is 19.4. The van der Waals surface area contributed by atoms with E-state index in [0.717, 1.165) is 30.8 Å². The Labute approximate surface area is 172 Å². The average molecular weight is 420 g/mol. The Hall–Kier alpha value is -2.52. The highest BCUT2D eigenvalue weighted by Crippen LogP contribution is 2.54. The number of fused-ring (bicyclic) bond motifs is 2. The molecule has 2 atom stereocenters. The van der Waals surface area contributed by atoms with Gasteiger partial charge in [-0.05, 0) is 30.4 Å². The number of halogens is 3. The molecule has 1 N–H and O–H groups in total. The van der Waals surface area contributed by atoms with E-state index in [4.69, 9.17) is 4.74 Å². The molecule has 6 nitrogen and oxygen atoms in total. The van der Waals surface area contributed by atoms with Gasteiger partial charge in [-0.1, -0.05) is 12.1 Å². The van der Waals surface area contributed by atoms with Crippen molar-refractivity contribution in [2.24, 2.45) is 0 Å². The van der Waals surface area contributed by atoms with Gasteiger partial charge in [-0.3, -0.25) is 15.0 Å². The molecule has 0 saturated heterocycles. The monoisotopic (exact) mass is 420 g/mol. The lowest BCUT2D eigenvalue weighted by molar-refractivity contribution is -0.119. The van der Waals surface area contributed by atoms with Gasteiger partial charge < -0.3 is 4.74 Å². The first-order valence-corrected chi connectivity index (χ1v) is 9.98. The van der Waals surface area contributed by atoms with Crippen molar-refractivity contribution in [3.63, 3.8) is 0 Å². The second-order valence-electron chi connectivity index (χ2n) is 8.38. The van der Waals surface area contributed by atoms with Gasteiger partial charge in [-0.25, -0.2) is 23.1 Å². The summed E-state index contributed by atoms with van der Waals surface area (Å²) < 4.78 is 47.6. The highest BCUT2D eigenvalue weighted by atomic mass is 19.1. The number of alkyl halides is 1. The number of nitrogens with zero attached hydrogens (tertiary/aromatic N) is 3. The third-order valence-corrected chi connectivity index (χ3v) is 6.05. The van der Waals surface area contributed by atoms with Crippen LogP contribution in [0.25, 0.3) is 0 Å². The maximum atomic E-state index is 15.4. The van der Waals surface area contributed by atoms with Crippen LogP contribution in [0.4, 0.5) is 19.1 Å². The summed E-state index contributed by atoms with van der Waals surface area (Å²) in [5, 5.41) is 2.53. The molecule has 160 valence electrons. The van der Waals surface area contributed by atoms with Crippen molar-refractivity contribution < 1.29 is 24.1 Å². The minimum atomic E-state index is -0.966. The molecule has 2 unspecified atom stereocenters. The summed E-state index contributed by atoms with van der Waals surface area (Å²) in [4.78, 5) is 21.6. The van der Waals surface area contributed by atoms with Crippen LogP contribution in [-0.4, -0.2) is 46.8 Å². The molecule has 1 spiro atoms. The number of hydrogen-bond donors (Lipinski definition) is 1. The molecule has 1 amide bonds. The van der Waals surface area contributed by atoms with E-state index in [1.807, 2.05) is 11.0 Å². The molecule has 2 aliphatic carbocycles. The number of ether oxygens (including phenoxy) is 1. The van der Waals surface area contributed by atoms with Gasteiger partial charge in [-0.2, -0.15) is 0 Å². The van der Waals surface area contributed by atoms with Crippen LogP contribution in [0.5, 0.6) is 0 Å². The molecule has 2 fully saturated rings. The summed E-state index contributed by atoms with van der Waals surface area (Å²) in [5.41, 5.74) is 1.48. The Bertz CT molecular complexity index is 987. The van der Waals surface area contributed by atoms with Crippen molar-refractivity contribution in [3.8, 4) is 0 Å². The van der Waals surface area contributed by atoms with E-state index >= 15 is 4.39 Å². The molecular formula is C21H23F3N4O2. The number of nitrogens with one attached hydrogen (secondary N) is 1. The molecule has 0 radical (unpaired) electrons. The quantitative estimate of drug-likeness (QED) is 0.822. The van der Waals surface area contributed by atoms with Gasteiger partial charge in [0.25, 0.3) is 0 Å². The molecule has 9 heteroatoms. The standard InChI is InChI=1S/C21H21F3N4O2.H2/c22-13-6-25-20(26-7-13)27-17(29)8-28-10-21(3-4-21)18-12(9-30-11-28)1-2-14(19(18)24)15-5-16(15)23;/h1-2,6-7,15-16H,3-5,8-11H2,(H,25,26,27,29);1H. The predicted molar refractivity (Wildman–Crippen MR) is 104 cm³/mol. The van der Waals surface area contributed by atoms with Crippen molar-refractivity contribution in [1.82, 2.24) is 14.9 Å². The maximum absolute atomic E-state index is 15.4. The largest absolute Gasteiger partial charge is 0.361 e. The van der Waals surface area contributed by atoms with Gasteiger partial charge in [-0.15, -0.1) is 0 Å². The number of amides is 1. The van der Waals surface area contributed by atoms with E-state index in [2.05, 4.69) is 15.3 Å². The van der Waals surface area contributed by atoms with Crippen LogP contribution < -0.4 is 5.32 Å². The van der Waals surface area contributed by atoms with Crippen LogP contribution in [0, 0.1) is 11.6 Å². The Morgan fingerprint density at radius 2 is 2.03 bits per heavy atom.